The van der Waals surface area contributed by atoms with Gasteiger partial charge in [-0.15, -0.1) is 0 Å². The molecule has 0 aliphatic rings. The minimum absolute atomic E-state index is 0.121. The molecule has 1 heterocycles. The van der Waals surface area contributed by atoms with Gasteiger partial charge in [0.2, 0.25) is 0 Å². The Kier molecular flexibility index (Phi) is 7.20. The largest absolute Gasteiger partial charge is 0.415 e. The Morgan fingerprint density at radius 2 is 2.07 bits per heavy atom. The van der Waals surface area contributed by atoms with Crippen molar-refractivity contribution in [1.29, 1.82) is 0 Å². The number of thiazole rings is 1. The van der Waals surface area contributed by atoms with Gasteiger partial charge in [-0.3, -0.25) is 10.1 Å². The number of para-hydroxylation sites is 1. The molecule has 0 bridgehead atoms. The lowest BCUT2D eigenvalue weighted by atomic mass is 10.2. The molecule has 2 N–H and O–H groups in total. The first-order valence-corrected chi connectivity index (χ1v) is 8.73. The molecule has 0 spiro atoms. The summed E-state index contributed by atoms with van der Waals surface area (Å²) in [6.45, 7) is 1.06. The lowest BCUT2D eigenvalue weighted by Crippen LogP contribution is -2.35. The highest BCUT2D eigenvalue weighted by Gasteiger charge is 2.22. The molecule has 0 aliphatic carbocycles. The first-order valence-electron chi connectivity index (χ1n) is 7.91. The third-order valence-corrected chi connectivity index (χ3v) is 4.26. The van der Waals surface area contributed by atoms with Gasteiger partial charge < -0.3 is 15.0 Å². The molecule has 11 heteroatoms. The second-order valence-electron chi connectivity index (χ2n) is 5.29. The minimum atomic E-state index is -0.580. The SMILES string of the molecule is CNCCN(C)C(=O)Oc1ccccc1C(=O)Nc1ncc([N+](=O)OC)s1. The highest BCUT2D eigenvalue weighted by Crippen LogP contribution is 2.27. The van der Waals surface area contributed by atoms with Crippen LogP contribution in [0.5, 0.6) is 5.75 Å². The van der Waals surface area contributed by atoms with Gasteiger partial charge in [0.25, 0.3) is 10.8 Å². The Hall–Kier alpha value is -3.05. The maximum absolute atomic E-state index is 12.5. The number of carbonyl (C=O) groups excluding carboxylic acids is 2. The number of benzene rings is 1. The van der Waals surface area contributed by atoms with E-state index in [4.69, 9.17) is 4.74 Å². The Bertz CT molecular complexity index is 825. The van der Waals surface area contributed by atoms with Crippen LogP contribution in [0, 0.1) is 4.91 Å². The van der Waals surface area contributed by atoms with Crippen LogP contribution in [0.1, 0.15) is 10.4 Å². The van der Waals surface area contributed by atoms with Crippen molar-refractivity contribution in [3.05, 3.63) is 40.9 Å². The smallest absolute Gasteiger partial charge is 0.409 e. The molecular formula is C16H20N5O5S+. The van der Waals surface area contributed by atoms with Gasteiger partial charge in [0.15, 0.2) is 12.2 Å². The van der Waals surface area contributed by atoms with E-state index in [1.165, 1.54) is 30.3 Å². The van der Waals surface area contributed by atoms with Gasteiger partial charge >= 0.3 is 11.1 Å². The molecule has 144 valence electrons. The van der Waals surface area contributed by atoms with Crippen LogP contribution in [0.3, 0.4) is 0 Å². The number of anilines is 1. The molecule has 0 aliphatic heterocycles. The fourth-order valence-electron chi connectivity index (χ4n) is 1.95. The van der Waals surface area contributed by atoms with E-state index in [-0.39, 0.29) is 26.4 Å². The number of carbonyl (C=O) groups is 2. The molecule has 27 heavy (non-hydrogen) atoms. The van der Waals surface area contributed by atoms with Crippen LogP contribution in [-0.2, 0) is 4.84 Å². The monoisotopic (exact) mass is 394 g/mol. The van der Waals surface area contributed by atoms with Crippen molar-refractivity contribution in [1.82, 2.24) is 15.2 Å². The lowest BCUT2D eigenvalue weighted by molar-refractivity contribution is -0.734. The number of hydrogen-bond acceptors (Lipinski definition) is 8. The summed E-state index contributed by atoms with van der Waals surface area (Å²) < 4.78 is 5.33. The summed E-state index contributed by atoms with van der Waals surface area (Å²) in [4.78, 5) is 46.2. The van der Waals surface area contributed by atoms with Crippen LogP contribution in [0.2, 0.25) is 0 Å². The molecule has 0 saturated heterocycles. The first kappa shape index (κ1) is 20.3. The zero-order valence-corrected chi connectivity index (χ0v) is 15.9. The summed E-state index contributed by atoms with van der Waals surface area (Å²) in [7, 11) is 4.61. The topological polar surface area (TPSA) is 113 Å². The molecule has 0 unspecified atom stereocenters. The molecule has 0 fully saturated rings. The molecule has 1 aromatic carbocycles. The molecule has 2 rings (SSSR count). The summed E-state index contributed by atoms with van der Waals surface area (Å²) in [5.74, 6) is -0.400. The van der Waals surface area contributed by atoms with E-state index >= 15 is 0 Å². The molecule has 0 atom stereocenters. The molecule has 0 saturated carbocycles. The van der Waals surface area contributed by atoms with Crippen molar-refractivity contribution in [2.24, 2.45) is 0 Å². The second kappa shape index (κ2) is 9.59. The normalized spacial score (nSPS) is 10.2. The van der Waals surface area contributed by atoms with Gasteiger partial charge in [-0.1, -0.05) is 12.1 Å². The number of nitrogens with zero attached hydrogens (tertiary/aromatic N) is 3. The van der Waals surface area contributed by atoms with Crippen LogP contribution in [0.15, 0.2) is 30.5 Å². The second-order valence-corrected chi connectivity index (χ2v) is 6.30. The summed E-state index contributed by atoms with van der Waals surface area (Å²) in [5, 5.41) is 5.89. The highest BCUT2D eigenvalue weighted by atomic mass is 32.1. The van der Waals surface area contributed by atoms with Crippen LogP contribution in [0.4, 0.5) is 14.9 Å². The minimum Gasteiger partial charge on any atom is -0.409 e. The van der Waals surface area contributed by atoms with E-state index in [1.54, 1.807) is 26.2 Å². The summed E-state index contributed by atoms with van der Waals surface area (Å²) in [6, 6.07) is 6.35. The number of nitrogens with one attached hydrogen (secondary N) is 2. The van der Waals surface area contributed by atoms with Crippen molar-refractivity contribution in [3.8, 4) is 5.75 Å². The zero-order chi connectivity index (χ0) is 19.8. The molecule has 0 radical (unpaired) electrons. The molecule has 10 nitrogen and oxygen atoms in total. The van der Waals surface area contributed by atoms with E-state index in [9.17, 15) is 14.5 Å². The quantitative estimate of drug-likeness (QED) is 0.659. The number of rotatable bonds is 8. The average Bonchev–Trinajstić information content (AvgIpc) is 3.14. The summed E-state index contributed by atoms with van der Waals surface area (Å²) in [5.41, 5.74) is 0.162. The lowest BCUT2D eigenvalue weighted by Gasteiger charge is -2.17. The fourth-order valence-corrected chi connectivity index (χ4v) is 2.65. The Labute approximate surface area is 159 Å². The van der Waals surface area contributed by atoms with Crippen LogP contribution in [0.25, 0.3) is 0 Å². The highest BCUT2D eigenvalue weighted by molar-refractivity contribution is 7.18. The molecule has 1 aromatic heterocycles. The van der Waals surface area contributed by atoms with Gasteiger partial charge in [-0.25, -0.2) is 14.6 Å². The predicted molar refractivity (Wildman–Crippen MR) is 99.4 cm³/mol. The number of amides is 2. The van der Waals surface area contributed by atoms with Gasteiger partial charge in [-0.2, -0.15) is 0 Å². The van der Waals surface area contributed by atoms with Crippen molar-refractivity contribution in [2.45, 2.75) is 0 Å². The Morgan fingerprint density at radius 1 is 1.33 bits per heavy atom. The van der Waals surface area contributed by atoms with E-state index in [2.05, 4.69) is 20.5 Å². The van der Waals surface area contributed by atoms with Crippen LogP contribution in [-0.4, -0.2) is 61.1 Å². The maximum atomic E-state index is 12.5. The number of likely N-dealkylation sites (N-methyl/N-ethyl adjacent to an activating group) is 2. The summed E-state index contributed by atoms with van der Waals surface area (Å²) in [6.07, 6.45) is 0.698. The van der Waals surface area contributed by atoms with E-state index in [1.807, 2.05) is 0 Å². The van der Waals surface area contributed by atoms with Gasteiger partial charge in [0.1, 0.15) is 11.9 Å². The van der Waals surface area contributed by atoms with Gasteiger partial charge in [-0.05, 0) is 30.5 Å². The van der Waals surface area contributed by atoms with Crippen molar-refractivity contribution in [2.75, 3.05) is 39.6 Å². The summed E-state index contributed by atoms with van der Waals surface area (Å²) >= 11 is 0.945. The predicted octanol–water partition coefficient (Wildman–Crippen LogP) is 2.02. The van der Waals surface area contributed by atoms with Crippen LogP contribution < -0.4 is 15.4 Å². The Morgan fingerprint density at radius 3 is 2.78 bits per heavy atom. The average molecular weight is 394 g/mol. The van der Waals surface area contributed by atoms with Gasteiger partial charge in [0.05, 0.1) is 10.5 Å². The van der Waals surface area contributed by atoms with Crippen LogP contribution >= 0.6 is 11.3 Å². The standard InChI is InChI=1S/C16H19N5O5S/c1-17-8-9-20(2)16(23)26-12-7-5-4-6-11(12)14(22)19-15-18-10-13(27-15)21(24)25-3/h4-7,10,17H,8-9H2,1-3H3/p+1. The number of ether oxygens (including phenoxy) is 1. The molecule has 2 aromatic rings. The first-order chi connectivity index (χ1) is 13.0. The molecule has 2 amide bonds. The number of hydrogen-bond donors (Lipinski definition) is 2. The van der Waals surface area contributed by atoms with Crippen molar-refractivity contribution < 1.29 is 24.1 Å². The maximum Gasteiger partial charge on any atom is 0.415 e. The number of aromatic nitrogens is 1. The Balaban J connectivity index is 2.10. The molecular weight excluding hydrogens is 374 g/mol. The fraction of sp³-hybridized carbons (Fsp3) is 0.312. The van der Waals surface area contributed by atoms with Crippen molar-refractivity contribution in [3.63, 3.8) is 0 Å². The zero-order valence-electron chi connectivity index (χ0n) is 15.1. The van der Waals surface area contributed by atoms with E-state index < -0.39 is 12.0 Å². The van der Waals surface area contributed by atoms with Gasteiger partial charge in [0, 0.05) is 20.1 Å². The third kappa shape index (κ3) is 5.46. The van der Waals surface area contributed by atoms with E-state index in [0.717, 1.165) is 11.3 Å². The van der Waals surface area contributed by atoms with E-state index in [0.29, 0.717) is 13.1 Å². The third-order valence-electron chi connectivity index (χ3n) is 3.40. The van der Waals surface area contributed by atoms with Crippen molar-refractivity contribution >= 4 is 33.5 Å².